The predicted octanol–water partition coefficient (Wildman–Crippen LogP) is 1.91. The molecule has 0 aliphatic heterocycles. The number of nitrogens with two attached hydrogens (primary N) is 1. The van der Waals surface area contributed by atoms with Crippen LogP contribution in [0, 0.1) is 0 Å². The maximum Gasteiger partial charge on any atom is 0.180 e. The number of hydrogen-bond acceptors (Lipinski definition) is 4. The standard InChI is InChI=1S/C13H21NO3S/c1-10(2)18(15,16)13-6-4-12(5-7-13)11(3)17-9-8-14/h4-7,10-11H,8-9,14H2,1-3H3. The molecule has 0 heterocycles. The van der Waals surface area contributed by atoms with Crippen LogP contribution in [0.1, 0.15) is 32.4 Å². The molecule has 0 aliphatic carbocycles. The summed E-state index contributed by atoms with van der Waals surface area (Å²) in [4.78, 5) is 0.354. The minimum atomic E-state index is -3.20. The maximum absolute atomic E-state index is 11.9. The van der Waals surface area contributed by atoms with E-state index < -0.39 is 15.1 Å². The molecule has 18 heavy (non-hydrogen) atoms. The Balaban J connectivity index is 2.87. The summed E-state index contributed by atoms with van der Waals surface area (Å²) in [5.41, 5.74) is 6.32. The van der Waals surface area contributed by atoms with Crippen LogP contribution >= 0.6 is 0 Å². The largest absolute Gasteiger partial charge is 0.373 e. The van der Waals surface area contributed by atoms with Gasteiger partial charge in [-0.15, -0.1) is 0 Å². The zero-order valence-electron chi connectivity index (χ0n) is 11.1. The van der Waals surface area contributed by atoms with E-state index in [1.807, 2.05) is 6.92 Å². The molecule has 0 aliphatic rings. The minimum absolute atomic E-state index is 0.0793. The molecule has 2 N–H and O–H groups in total. The molecule has 0 amide bonds. The molecule has 1 aromatic rings. The monoisotopic (exact) mass is 271 g/mol. The third-order valence-corrected chi connectivity index (χ3v) is 4.95. The van der Waals surface area contributed by atoms with Gasteiger partial charge in [-0.05, 0) is 38.5 Å². The molecule has 1 atom stereocenters. The van der Waals surface area contributed by atoms with Crippen molar-refractivity contribution in [3.63, 3.8) is 0 Å². The van der Waals surface area contributed by atoms with Crippen LogP contribution in [0.4, 0.5) is 0 Å². The van der Waals surface area contributed by atoms with Gasteiger partial charge in [-0.1, -0.05) is 12.1 Å². The molecule has 0 saturated carbocycles. The quantitative estimate of drug-likeness (QED) is 0.858. The lowest BCUT2D eigenvalue weighted by Gasteiger charge is -2.14. The molecule has 0 spiro atoms. The Bertz CT molecular complexity index is 466. The Morgan fingerprint density at radius 3 is 2.17 bits per heavy atom. The van der Waals surface area contributed by atoms with Gasteiger partial charge < -0.3 is 10.5 Å². The van der Waals surface area contributed by atoms with Crippen molar-refractivity contribution in [1.82, 2.24) is 0 Å². The van der Waals surface area contributed by atoms with Gasteiger partial charge in [0.1, 0.15) is 0 Å². The Hall–Kier alpha value is -0.910. The van der Waals surface area contributed by atoms with E-state index in [9.17, 15) is 8.42 Å². The second-order valence-electron chi connectivity index (χ2n) is 4.46. The molecule has 102 valence electrons. The Labute approximate surface area is 109 Å². The lowest BCUT2D eigenvalue weighted by molar-refractivity contribution is 0.0717. The fourth-order valence-corrected chi connectivity index (χ4v) is 2.60. The summed E-state index contributed by atoms with van der Waals surface area (Å²) in [6, 6.07) is 6.84. The first-order valence-corrected chi connectivity index (χ1v) is 7.59. The van der Waals surface area contributed by atoms with E-state index in [1.165, 1.54) is 0 Å². The fraction of sp³-hybridized carbons (Fsp3) is 0.538. The third kappa shape index (κ3) is 3.54. The van der Waals surface area contributed by atoms with Gasteiger partial charge in [-0.25, -0.2) is 8.42 Å². The van der Waals surface area contributed by atoms with Gasteiger partial charge >= 0.3 is 0 Å². The molecule has 0 fully saturated rings. The van der Waals surface area contributed by atoms with Gasteiger partial charge in [0.15, 0.2) is 9.84 Å². The topological polar surface area (TPSA) is 69.4 Å². The molecule has 5 heteroatoms. The Kier molecular flexibility index (Phi) is 5.31. The first-order valence-electron chi connectivity index (χ1n) is 6.05. The number of rotatable bonds is 6. The van der Waals surface area contributed by atoms with Crippen LogP contribution in [0.3, 0.4) is 0 Å². The third-order valence-electron chi connectivity index (χ3n) is 2.78. The van der Waals surface area contributed by atoms with Crippen LogP contribution in [0.5, 0.6) is 0 Å². The zero-order valence-corrected chi connectivity index (χ0v) is 11.9. The van der Waals surface area contributed by atoms with E-state index in [0.717, 1.165) is 5.56 Å². The van der Waals surface area contributed by atoms with Gasteiger partial charge in [0.05, 0.1) is 22.9 Å². The van der Waals surface area contributed by atoms with Crippen molar-refractivity contribution < 1.29 is 13.2 Å². The van der Waals surface area contributed by atoms with Crippen LogP contribution < -0.4 is 5.73 Å². The Morgan fingerprint density at radius 2 is 1.72 bits per heavy atom. The smallest absolute Gasteiger partial charge is 0.180 e. The van der Waals surface area contributed by atoms with Crippen molar-refractivity contribution in [2.75, 3.05) is 13.2 Å². The Morgan fingerprint density at radius 1 is 1.17 bits per heavy atom. The summed E-state index contributed by atoms with van der Waals surface area (Å²) in [5.74, 6) is 0. The SMILES string of the molecule is CC(OCCN)c1ccc(S(=O)(=O)C(C)C)cc1. The van der Waals surface area contributed by atoms with Crippen LogP contribution in [0.25, 0.3) is 0 Å². The summed E-state index contributed by atoms with van der Waals surface area (Å²) >= 11 is 0. The highest BCUT2D eigenvalue weighted by Gasteiger charge is 2.19. The molecule has 1 unspecified atom stereocenters. The molecule has 1 aromatic carbocycles. The molecule has 0 aromatic heterocycles. The van der Waals surface area contributed by atoms with Gasteiger partial charge in [0, 0.05) is 6.54 Å². The molecular formula is C13H21NO3S. The molecular weight excluding hydrogens is 250 g/mol. The second kappa shape index (κ2) is 6.31. The van der Waals surface area contributed by atoms with E-state index in [4.69, 9.17) is 10.5 Å². The fourth-order valence-electron chi connectivity index (χ4n) is 1.54. The van der Waals surface area contributed by atoms with Crippen molar-refractivity contribution in [2.45, 2.75) is 37.0 Å². The molecule has 4 nitrogen and oxygen atoms in total. The average Bonchev–Trinajstić information content (AvgIpc) is 2.35. The molecule has 0 saturated heterocycles. The molecule has 0 radical (unpaired) electrons. The highest BCUT2D eigenvalue weighted by Crippen LogP contribution is 2.21. The minimum Gasteiger partial charge on any atom is -0.373 e. The van der Waals surface area contributed by atoms with Crippen LogP contribution in [-0.4, -0.2) is 26.8 Å². The van der Waals surface area contributed by atoms with Gasteiger partial charge in [0.2, 0.25) is 0 Å². The lowest BCUT2D eigenvalue weighted by atomic mass is 10.1. The summed E-state index contributed by atoms with van der Waals surface area (Å²) < 4.78 is 29.4. The zero-order chi connectivity index (χ0) is 13.8. The number of benzene rings is 1. The lowest BCUT2D eigenvalue weighted by Crippen LogP contribution is -2.14. The predicted molar refractivity (Wildman–Crippen MR) is 72.2 cm³/mol. The first kappa shape index (κ1) is 15.1. The van der Waals surface area contributed by atoms with E-state index in [1.54, 1.807) is 38.1 Å². The van der Waals surface area contributed by atoms with Gasteiger partial charge in [-0.3, -0.25) is 0 Å². The first-order chi connectivity index (χ1) is 8.39. The molecule has 1 rings (SSSR count). The van der Waals surface area contributed by atoms with Crippen molar-refractivity contribution >= 4 is 9.84 Å². The van der Waals surface area contributed by atoms with Crippen LogP contribution in [0.2, 0.25) is 0 Å². The summed E-state index contributed by atoms with van der Waals surface area (Å²) in [6.07, 6.45) is -0.0793. The van der Waals surface area contributed by atoms with Crippen LogP contribution in [-0.2, 0) is 14.6 Å². The number of ether oxygens (including phenoxy) is 1. The van der Waals surface area contributed by atoms with Crippen LogP contribution in [0.15, 0.2) is 29.2 Å². The van der Waals surface area contributed by atoms with E-state index in [-0.39, 0.29) is 6.10 Å². The number of hydrogen-bond donors (Lipinski definition) is 1. The normalized spacial score (nSPS) is 13.8. The summed E-state index contributed by atoms with van der Waals surface area (Å²) in [5, 5.41) is -0.408. The van der Waals surface area contributed by atoms with E-state index >= 15 is 0 Å². The summed E-state index contributed by atoms with van der Waals surface area (Å²) in [6.45, 7) is 6.24. The average molecular weight is 271 g/mol. The van der Waals surface area contributed by atoms with Gasteiger partial charge in [-0.2, -0.15) is 0 Å². The van der Waals surface area contributed by atoms with Crippen molar-refractivity contribution in [3.8, 4) is 0 Å². The summed E-state index contributed by atoms with van der Waals surface area (Å²) in [7, 11) is -3.20. The maximum atomic E-state index is 11.9. The highest BCUT2D eigenvalue weighted by atomic mass is 32.2. The van der Waals surface area contributed by atoms with Crippen molar-refractivity contribution in [3.05, 3.63) is 29.8 Å². The highest BCUT2D eigenvalue weighted by molar-refractivity contribution is 7.92. The van der Waals surface area contributed by atoms with E-state index in [0.29, 0.717) is 18.0 Å². The number of sulfone groups is 1. The van der Waals surface area contributed by atoms with E-state index in [2.05, 4.69) is 0 Å². The van der Waals surface area contributed by atoms with Crippen molar-refractivity contribution in [2.24, 2.45) is 5.73 Å². The second-order valence-corrected chi connectivity index (χ2v) is 6.97. The van der Waals surface area contributed by atoms with Gasteiger partial charge in [0.25, 0.3) is 0 Å². The van der Waals surface area contributed by atoms with Crippen molar-refractivity contribution in [1.29, 1.82) is 0 Å². The molecule has 0 bridgehead atoms.